The molecule has 2 N–H and O–H groups in total. The zero-order valence-electron chi connectivity index (χ0n) is 17.2. The molecular formula is C22H26N4O4. The third-order valence-electron chi connectivity index (χ3n) is 5.19. The standard InChI is InChI=1S/C22H26N4O4/c1-15-5-8-19(23-12-15)25-21(28)14-26(2)13-20(27)24-16-6-7-17-18(11-16)30-22(29-17)9-3-4-10-22/h5-8,11-12H,3-4,9-10,13-14H2,1-2H3,(H,24,27)(H,23,25,28). The van der Waals surface area contributed by atoms with E-state index >= 15 is 0 Å². The first-order valence-electron chi connectivity index (χ1n) is 10.1. The first-order chi connectivity index (χ1) is 14.4. The van der Waals surface area contributed by atoms with Crippen LogP contribution in [-0.2, 0) is 9.59 Å². The fourth-order valence-corrected chi connectivity index (χ4v) is 3.76. The first-order valence-corrected chi connectivity index (χ1v) is 10.1. The summed E-state index contributed by atoms with van der Waals surface area (Å²) in [5.41, 5.74) is 1.66. The van der Waals surface area contributed by atoms with E-state index in [9.17, 15) is 9.59 Å². The number of aryl methyl sites for hydroxylation is 1. The van der Waals surface area contributed by atoms with Gasteiger partial charge in [-0.1, -0.05) is 6.07 Å². The molecule has 1 aromatic heterocycles. The van der Waals surface area contributed by atoms with Crippen LogP contribution in [0.2, 0.25) is 0 Å². The van der Waals surface area contributed by atoms with Crippen LogP contribution >= 0.6 is 0 Å². The summed E-state index contributed by atoms with van der Waals surface area (Å²) in [6.45, 7) is 2.08. The monoisotopic (exact) mass is 410 g/mol. The van der Waals surface area contributed by atoms with Crippen molar-refractivity contribution < 1.29 is 19.1 Å². The van der Waals surface area contributed by atoms with Crippen LogP contribution in [0.3, 0.4) is 0 Å². The molecule has 0 saturated heterocycles. The van der Waals surface area contributed by atoms with Crippen LogP contribution in [0, 0.1) is 6.92 Å². The number of nitrogens with zero attached hydrogens (tertiary/aromatic N) is 2. The minimum atomic E-state index is -0.523. The second kappa shape index (κ2) is 8.31. The summed E-state index contributed by atoms with van der Waals surface area (Å²) in [5.74, 6) is 0.898. The second-order valence-corrected chi connectivity index (χ2v) is 7.97. The van der Waals surface area contributed by atoms with Crippen LogP contribution in [0.25, 0.3) is 0 Å². The number of fused-ring (bicyclic) bond motifs is 1. The summed E-state index contributed by atoms with van der Waals surface area (Å²) in [7, 11) is 1.71. The number of carbonyl (C=O) groups is 2. The summed E-state index contributed by atoms with van der Waals surface area (Å²) in [5, 5.41) is 5.57. The summed E-state index contributed by atoms with van der Waals surface area (Å²) >= 11 is 0. The quantitative estimate of drug-likeness (QED) is 0.761. The van der Waals surface area contributed by atoms with Crippen molar-refractivity contribution in [2.75, 3.05) is 30.8 Å². The van der Waals surface area contributed by atoms with Crippen LogP contribution in [-0.4, -0.2) is 47.6 Å². The molecule has 1 spiro atoms. The second-order valence-electron chi connectivity index (χ2n) is 7.97. The SMILES string of the molecule is Cc1ccc(NC(=O)CN(C)CC(=O)Nc2ccc3c(c2)OC2(CCCC2)O3)nc1. The summed E-state index contributed by atoms with van der Waals surface area (Å²) in [6.07, 6.45) is 5.64. The molecule has 2 aromatic rings. The number of hydrogen-bond donors (Lipinski definition) is 2. The number of aromatic nitrogens is 1. The van der Waals surface area contributed by atoms with Gasteiger partial charge in [-0.25, -0.2) is 4.98 Å². The average Bonchev–Trinajstić information content (AvgIpc) is 3.28. The van der Waals surface area contributed by atoms with E-state index in [0.717, 1.165) is 31.2 Å². The fourth-order valence-electron chi connectivity index (χ4n) is 3.76. The Balaban J connectivity index is 1.26. The Morgan fingerprint density at radius 1 is 1.03 bits per heavy atom. The average molecular weight is 410 g/mol. The van der Waals surface area contributed by atoms with Crippen LogP contribution in [0.4, 0.5) is 11.5 Å². The van der Waals surface area contributed by atoms with E-state index in [2.05, 4.69) is 15.6 Å². The van der Waals surface area contributed by atoms with E-state index in [0.29, 0.717) is 23.0 Å². The molecule has 0 radical (unpaired) electrons. The van der Waals surface area contributed by atoms with Crippen LogP contribution in [0.5, 0.6) is 11.5 Å². The van der Waals surface area contributed by atoms with Gasteiger partial charge in [-0.15, -0.1) is 0 Å². The highest BCUT2D eigenvalue weighted by Gasteiger charge is 2.44. The maximum Gasteiger partial charge on any atom is 0.251 e. The number of nitrogens with one attached hydrogen (secondary N) is 2. The van der Waals surface area contributed by atoms with Crippen molar-refractivity contribution in [2.45, 2.75) is 38.4 Å². The predicted octanol–water partition coefficient (Wildman–Crippen LogP) is 2.94. The molecule has 8 heteroatoms. The van der Waals surface area contributed by atoms with E-state index < -0.39 is 5.79 Å². The normalized spacial score (nSPS) is 16.1. The van der Waals surface area contributed by atoms with Gasteiger partial charge in [0.2, 0.25) is 11.8 Å². The third-order valence-corrected chi connectivity index (χ3v) is 5.19. The third kappa shape index (κ3) is 4.71. The van der Waals surface area contributed by atoms with Gasteiger partial charge < -0.3 is 20.1 Å². The zero-order chi connectivity index (χ0) is 21.1. The molecule has 0 atom stereocenters. The summed E-state index contributed by atoms with van der Waals surface area (Å²) in [6, 6.07) is 9.03. The summed E-state index contributed by atoms with van der Waals surface area (Å²) < 4.78 is 12.0. The number of hydrogen-bond acceptors (Lipinski definition) is 6. The number of amides is 2. The van der Waals surface area contributed by atoms with Crippen LogP contribution < -0.4 is 20.1 Å². The highest BCUT2D eigenvalue weighted by atomic mass is 16.7. The Labute approximate surface area is 175 Å². The minimum absolute atomic E-state index is 0.0760. The lowest BCUT2D eigenvalue weighted by Gasteiger charge is -2.21. The number of rotatable bonds is 6. The van der Waals surface area contributed by atoms with Gasteiger partial charge in [0.25, 0.3) is 5.79 Å². The van der Waals surface area contributed by atoms with Crippen molar-refractivity contribution in [3.63, 3.8) is 0 Å². The lowest BCUT2D eigenvalue weighted by atomic mass is 10.2. The van der Waals surface area contributed by atoms with Gasteiger partial charge in [-0.3, -0.25) is 14.5 Å². The van der Waals surface area contributed by atoms with Crippen molar-refractivity contribution in [3.8, 4) is 11.5 Å². The van der Waals surface area contributed by atoms with Gasteiger partial charge in [0.1, 0.15) is 5.82 Å². The molecule has 1 aromatic carbocycles. The Hall–Kier alpha value is -3.13. The Morgan fingerprint density at radius 2 is 1.73 bits per heavy atom. The molecule has 1 saturated carbocycles. The van der Waals surface area contributed by atoms with E-state index in [1.807, 2.05) is 19.1 Å². The molecule has 30 heavy (non-hydrogen) atoms. The predicted molar refractivity (Wildman–Crippen MR) is 113 cm³/mol. The van der Waals surface area contributed by atoms with Gasteiger partial charge in [0.05, 0.1) is 13.1 Å². The molecule has 2 heterocycles. The molecular weight excluding hydrogens is 384 g/mol. The van der Waals surface area contributed by atoms with Gasteiger partial charge in [-0.05, 0) is 50.6 Å². The molecule has 4 rings (SSSR count). The van der Waals surface area contributed by atoms with Gasteiger partial charge in [-0.2, -0.15) is 0 Å². The topological polar surface area (TPSA) is 92.8 Å². The fraction of sp³-hybridized carbons (Fsp3) is 0.409. The Kier molecular flexibility index (Phi) is 5.59. The van der Waals surface area contributed by atoms with Crippen LogP contribution in [0.1, 0.15) is 31.2 Å². The molecule has 158 valence electrons. The smallest absolute Gasteiger partial charge is 0.251 e. The number of pyridine rings is 1. The van der Waals surface area contributed by atoms with Crippen molar-refractivity contribution in [2.24, 2.45) is 0 Å². The number of anilines is 2. The lowest BCUT2D eigenvalue weighted by molar-refractivity contribution is -0.119. The van der Waals surface area contributed by atoms with Gasteiger partial charge >= 0.3 is 0 Å². The minimum Gasteiger partial charge on any atom is -0.448 e. The Bertz CT molecular complexity index is 939. The number of ether oxygens (including phenoxy) is 2. The number of carbonyl (C=O) groups excluding carboxylic acids is 2. The van der Waals surface area contributed by atoms with Gasteiger partial charge in [0.15, 0.2) is 11.5 Å². The van der Waals surface area contributed by atoms with E-state index in [-0.39, 0.29) is 24.9 Å². The van der Waals surface area contributed by atoms with E-state index in [4.69, 9.17) is 9.47 Å². The molecule has 1 aliphatic heterocycles. The number of benzene rings is 1. The van der Waals surface area contributed by atoms with Crippen molar-refractivity contribution in [3.05, 3.63) is 42.1 Å². The van der Waals surface area contributed by atoms with Crippen LogP contribution in [0.15, 0.2) is 36.5 Å². The molecule has 0 bridgehead atoms. The maximum absolute atomic E-state index is 12.4. The van der Waals surface area contributed by atoms with E-state index in [1.165, 1.54) is 0 Å². The maximum atomic E-state index is 12.4. The molecule has 2 amide bonds. The molecule has 2 aliphatic rings. The molecule has 8 nitrogen and oxygen atoms in total. The molecule has 0 unspecified atom stereocenters. The lowest BCUT2D eigenvalue weighted by Crippen LogP contribution is -2.36. The van der Waals surface area contributed by atoms with Crippen molar-refractivity contribution >= 4 is 23.3 Å². The summed E-state index contributed by atoms with van der Waals surface area (Å²) in [4.78, 5) is 30.3. The Morgan fingerprint density at radius 3 is 2.43 bits per heavy atom. The van der Waals surface area contributed by atoms with Gasteiger partial charge in [0, 0.05) is 30.8 Å². The molecule has 1 fully saturated rings. The highest BCUT2D eigenvalue weighted by molar-refractivity contribution is 5.94. The first kappa shape index (κ1) is 20.2. The van der Waals surface area contributed by atoms with E-state index in [1.54, 1.807) is 36.3 Å². The largest absolute Gasteiger partial charge is 0.448 e. The zero-order valence-corrected chi connectivity index (χ0v) is 17.2. The molecule has 1 aliphatic carbocycles. The van der Waals surface area contributed by atoms with Crippen molar-refractivity contribution in [1.82, 2.24) is 9.88 Å². The number of likely N-dealkylation sites (N-methyl/N-ethyl adjacent to an activating group) is 1. The highest BCUT2D eigenvalue weighted by Crippen LogP contribution is 2.47. The van der Waals surface area contributed by atoms with Crippen molar-refractivity contribution in [1.29, 1.82) is 0 Å².